The number of alkyl halides is 1. The van der Waals surface area contributed by atoms with Crippen molar-refractivity contribution in [3.05, 3.63) is 35.9 Å². The van der Waals surface area contributed by atoms with Crippen molar-refractivity contribution in [2.45, 2.75) is 40.0 Å². The molecule has 0 heterocycles. The molecule has 98 valence electrons. The van der Waals surface area contributed by atoms with Crippen LogP contribution >= 0.6 is 25.1 Å². The van der Waals surface area contributed by atoms with Gasteiger partial charge in [0, 0.05) is 12.8 Å². The molecule has 0 aliphatic heterocycles. The summed E-state index contributed by atoms with van der Waals surface area (Å²) in [5.74, 6) is 0.827. The Morgan fingerprint density at radius 2 is 1.65 bits per heavy atom. The SMILES string of the molecule is CC#N.CCCCCCl.Cc1ccccc1.S. The molecule has 1 nitrogen and oxygen atoms in total. The number of hydrogen-bond acceptors (Lipinski definition) is 1. The number of nitrogens with zero attached hydrogens (tertiary/aromatic N) is 1. The van der Waals surface area contributed by atoms with Crippen LogP contribution in [0.2, 0.25) is 0 Å². The summed E-state index contributed by atoms with van der Waals surface area (Å²) in [6, 6.07) is 12.0. The maximum atomic E-state index is 7.32. The smallest absolute Gasteiger partial charge is 0.0587 e. The fraction of sp³-hybridized carbons (Fsp3) is 0.500. The minimum Gasteiger partial charge on any atom is -0.199 e. The largest absolute Gasteiger partial charge is 0.199 e. The van der Waals surface area contributed by atoms with Crippen LogP contribution in [0.4, 0.5) is 0 Å². The lowest BCUT2D eigenvalue weighted by atomic mass is 10.2. The van der Waals surface area contributed by atoms with Crippen LogP contribution in [0.3, 0.4) is 0 Å². The summed E-state index contributed by atoms with van der Waals surface area (Å²) >= 11 is 5.38. The lowest BCUT2D eigenvalue weighted by Crippen LogP contribution is -1.70. The second-order valence-electron chi connectivity index (χ2n) is 3.27. The normalized spacial score (nSPS) is 7.24. The maximum Gasteiger partial charge on any atom is 0.0587 e. The zero-order chi connectivity index (χ0) is 12.6. The van der Waals surface area contributed by atoms with E-state index >= 15 is 0 Å². The number of nitriles is 1. The summed E-state index contributed by atoms with van der Waals surface area (Å²) in [6.07, 6.45) is 3.73. The van der Waals surface area contributed by atoms with Gasteiger partial charge in [-0.1, -0.05) is 55.7 Å². The molecule has 0 N–H and O–H groups in total. The van der Waals surface area contributed by atoms with Crippen LogP contribution in [0, 0.1) is 18.3 Å². The monoisotopic (exact) mass is 273 g/mol. The molecule has 0 amide bonds. The fourth-order valence-electron chi connectivity index (χ4n) is 0.879. The second kappa shape index (κ2) is 20.7. The van der Waals surface area contributed by atoms with Crippen molar-refractivity contribution in [3.8, 4) is 6.07 Å². The van der Waals surface area contributed by atoms with E-state index in [1.807, 2.05) is 18.2 Å². The molecule has 1 rings (SSSR count). The second-order valence-corrected chi connectivity index (χ2v) is 3.65. The average molecular weight is 274 g/mol. The summed E-state index contributed by atoms with van der Waals surface area (Å²) in [7, 11) is 0. The van der Waals surface area contributed by atoms with Crippen LogP contribution < -0.4 is 0 Å². The summed E-state index contributed by atoms with van der Waals surface area (Å²) < 4.78 is 0. The summed E-state index contributed by atoms with van der Waals surface area (Å²) in [5, 5.41) is 7.32. The molecule has 0 bridgehead atoms. The van der Waals surface area contributed by atoms with E-state index in [0.29, 0.717) is 0 Å². The molecule has 0 fully saturated rings. The van der Waals surface area contributed by atoms with Crippen molar-refractivity contribution in [2.24, 2.45) is 0 Å². The molecule has 0 atom stereocenters. The topological polar surface area (TPSA) is 23.8 Å². The number of halogens is 1. The molecular formula is C14H24ClNS. The molecule has 0 saturated carbocycles. The van der Waals surface area contributed by atoms with Gasteiger partial charge in [0.1, 0.15) is 0 Å². The predicted molar refractivity (Wildman–Crippen MR) is 83.1 cm³/mol. The Bertz CT molecular complexity index is 253. The Balaban J connectivity index is -0.000000182. The Morgan fingerprint density at radius 1 is 1.18 bits per heavy atom. The molecule has 1 aromatic rings. The van der Waals surface area contributed by atoms with Crippen LogP contribution in [0.1, 0.15) is 38.7 Å². The first-order valence-corrected chi connectivity index (χ1v) is 6.14. The minimum absolute atomic E-state index is 0. The number of benzene rings is 1. The number of unbranched alkanes of at least 4 members (excludes halogenated alkanes) is 2. The quantitative estimate of drug-likeness (QED) is 0.558. The molecule has 1 aromatic carbocycles. The first-order valence-electron chi connectivity index (χ1n) is 5.61. The van der Waals surface area contributed by atoms with Gasteiger partial charge in [0.2, 0.25) is 0 Å². The van der Waals surface area contributed by atoms with Crippen LogP contribution in [0.15, 0.2) is 30.3 Å². The predicted octanol–water partition coefficient (Wildman–Crippen LogP) is 5.05. The van der Waals surface area contributed by atoms with Crippen LogP contribution in [-0.2, 0) is 0 Å². The van der Waals surface area contributed by atoms with Gasteiger partial charge in [-0.2, -0.15) is 18.8 Å². The van der Waals surface area contributed by atoms with Crippen LogP contribution in [0.5, 0.6) is 0 Å². The van der Waals surface area contributed by atoms with E-state index < -0.39 is 0 Å². The number of rotatable bonds is 3. The summed E-state index contributed by atoms with van der Waals surface area (Å²) in [4.78, 5) is 0. The highest BCUT2D eigenvalue weighted by Gasteiger charge is 1.76. The zero-order valence-corrected chi connectivity index (χ0v) is 12.8. The van der Waals surface area contributed by atoms with Gasteiger partial charge in [-0.05, 0) is 13.3 Å². The fourth-order valence-corrected chi connectivity index (χ4v) is 1.07. The zero-order valence-electron chi connectivity index (χ0n) is 11.0. The average Bonchev–Trinajstić information content (AvgIpc) is 2.29. The van der Waals surface area contributed by atoms with Crippen molar-refractivity contribution >= 4 is 25.1 Å². The summed E-state index contributed by atoms with van der Waals surface area (Å²) in [6.45, 7) is 5.69. The molecule has 0 saturated heterocycles. The van der Waals surface area contributed by atoms with E-state index in [9.17, 15) is 0 Å². The van der Waals surface area contributed by atoms with E-state index in [0.717, 1.165) is 5.88 Å². The Kier molecular flexibility index (Phi) is 26.4. The molecule has 0 spiro atoms. The lowest BCUT2D eigenvalue weighted by Gasteiger charge is -1.84. The van der Waals surface area contributed by atoms with Gasteiger partial charge in [-0.25, -0.2) is 0 Å². The van der Waals surface area contributed by atoms with Gasteiger partial charge in [0.15, 0.2) is 0 Å². The molecule has 0 aliphatic carbocycles. The maximum absolute atomic E-state index is 7.32. The molecule has 0 aliphatic rings. The molecule has 0 radical (unpaired) electrons. The van der Waals surface area contributed by atoms with Crippen LogP contribution in [-0.4, -0.2) is 5.88 Å². The van der Waals surface area contributed by atoms with Gasteiger partial charge in [0.05, 0.1) is 6.07 Å². The van der Waals surface area contributed by atoms with E-state index in [2.05, 4.69) is 26.0 Å². The van der Waals surface area contributed by atoms with Crippen molar-refractivity contribution in [3.63, 3.8) is 0 Å². The third kappa shape index (κ3) is 25.5. The molecule has 17 heavy (non-hydrogen) atoms. The molecule has 0 unspecified atom stereocenters. The van der Waals surface area contributed by atoms with Crippen molar-refractivity contribution in [1.29, 1.82) is 5.26 Å². The Morgan fingerprint density at radius 3 is 1.82 bits per heavy atom. The van der Waals surface area contributed by atoms with E-state index in [4.69, 9.17) is 16.9 Å². The van der Waals surface area contributed by atoms with Crippen molar-refractivity contribution in [2.75, 3.05) is 5.88 Å². The first-order chi connectivity index (χ1) is 7.72. The highest BCUT2D eigenvalue weighted by Crippen LogP contribution is 1.93. The Labute approximate surface area is 118 Å². The molecular weight excluding hydrogens is 250 g/mol. The van der Waals surface area contributed by atoms with Gasteiger partial charge in [-0.3, -0.25) is 0 Å². The van der Waals surface area contributed by atoms with Gasteiger partial charge in [-0.15, -0.1) is 11.6 Å². The highest BCUT2D eigenvalue weighted by atomic mass is 35.5. The third-order valence-corrected chi connectivity index (χ3v) is 1.94. The van der Waals surface area contributed by atoms with Gasteiger partial charge >= 0.3 is 0 Å². The van der Waals surface area contributed by atoms with Crippen LogP contribution in [0.25, 0.3) is 0 Å². The molecule has 3 heteroatoms. The van der Waals surface area contributed by atoms with Crippen molar-refractivity contribution in [1.82, 2.24) is 0 Å². The highest BCUT2D eigenvalue weighted by molar-refractivity contribution is 7.59. The third-order valence-electron chi connectivity index (χ3n) is 1.68. The van der Waals surface area contributed by atoms with E-state index in [1.165, 1.54) is 31.7 Å². The Hall–Kier alpha value is -0.650. The lowest BCUT2D eigenvalue weighted by molar-refractivity contribution is 0.776. The van der Waals surface area contributed by atoms with Crippen molar-refractivity contribution < 1.29 is 0 Å². The first kappa shape index (κ1) is 21.6. The number of aryl methyl sites for hydroxylation is 1. The summed E-state index contributed by atoms with van der Waals surface area (Å²) in [5.41, 5.74) is 1.32. The van der Waals surface area contributed by atoms with E-state index in [1.54, 1.807) is 6.07 Å². The van der Waals surface area contributed by atoms with Gasteiger partial charge in [0.25, 0.3) is 0 Å². The molecule has 0 aromatic heterocycles. The van der Waals surface area contributed by atoms with E-state index in [-0.39, 0.29) is 13.5 Å². The number of hydrogen-bond donors (Lipinski definition) is 0. The van der Waals surface area contributed by atoms with Gasteiger partial charge < -0.3 is 0 Å². The standard InChI is InChI=1S/C7H8.C5H11Cl.C2H3N.H2S/c1-7-5-3-2-4-6-7;1-2-3-4-5-6;1-2-3;/h2-6H,1H3;2-5H2,1H3;1H3;1H2. The minimum atomic E-state index is 0.